The Morgan fingerprint density at radius 1 is 1.33 bits per heavy atom. The number of hydrogen-bond donors (Lipinski definition) is 1. The number of nitrogens with one attached hydrogen (secondary N) is 1. The van der Waals surface area contributed by atoms with Crippen LogP contribution < -0.4 is 5.32 Å². The maximum absolute atomic E-state index is 12.3. The lowest BCUT2D eigenvalue weighted by atomic mass is 10.2. The topological polar surface area (TPSA) is 80.9 Å². The van der Waals surface area contributed by atoms with Crippen molar-refractivity contribution in [3.63, 3.8) is 0 Å². The average molecular weight is 300 g/mol. The zero-order chi connectivity index (χ0) is 15.6. The molecule has 1 amide bonds. The van der Waals surface area contributed by atoms with Gasteiger partial charge in [-0.2, -0.15) is 13.2 Å². The molecule has 0 saturated heterocycles. The summed E-state index contributed by atoms with van der Waals surface area (Å²) in [4.78, 5) is 15.8. The van der Waals surface area contributed by atoms with Gasteiger partial charge in [-0.05, 0) is 26.0 Å². The second kappa shape index (κ2) is 5.51. The number of amides is 1. The van der Waals surface area contributed by atoms with Gasteiger partial charge in [-0.25, -0.2) is 0 Å². The van der Waals surface area contributed by atoms with Gasteiger partial charge in [0.05, 0.1) is 5.56 Å². The van der Waals surface area contributed by atoms with Crippen LogP contribution in [0, 0.1) is 6.92 Å². The molecule has 2 heterocycles. The van der Waals surface area contributed by atoms with E-state index >= 15 is 0 Å². The van der Waals surface area contributed by atoms with Gasteiger partial charge in [-0.1, -0.05) is 0 Å². The Bertz CT molecular complexity index is 637. The lowest BCUT2D eigenvalue weighted by Gasteiger charge is -2.09. The highest BCUT2D eigenvalue weighted by Crippen LogP contribution is 2.28. The lowest BCUT2D eigenvalue weighted by molar-refractivity contribution is -0.157. The molecule has 0 aliphatic heterocycles. The SMILES string of the molecule is Cc1ccc(C(=O)N[C@H](C)c2nnc(C(F)(F)F)o2)cn1. The van der Waals surface area contributed by atoms with E-state index in [1.54, 1.807) is 19.1 Å². The molecule has 0 fully saturated rings. The number of hydrogen-bond acceptors (Lipinski definition) is 5. The minimum atomic E-state index is -4.71. The van der Waals surface area contributed by atoms with E-state index in [1.807, 2.05) is 0 Å². The van der Waals surface area contributed by atoms with Crippen molar-refractivity contribution in [2.45, 2.75) is 26.1 Å². The first-order valence-electron chi connectivity index (χ1n) is 5.91. The molecule has 0 aliphatic carbocycles. The van der Waals surface area contributed by atoms with Gasteiger partial charge in [0.25, 0.3) is 5.91 Å². The first-order chi connectivity index (χ1) is 9.77. The van der Waals surface area contributed by atoms with Crippen LogP contribution in [0.25, 0.3) is 0 Å². The van der Waals surface area contributed by atoms with Crippen LogP contribution in [0.15, 0.2) is 22.7 Å². The van der Waals surface area contributed by atoms with Crippen LogP contribution in [0.1, 0.15) is 40.8 Å². The average Bonchev–Trinajstić information content (AvgIpc) is 2.88. The van der Waals surface area contributed by atoms with Crippen molar-refractivity contribution < 1.29 is 22.4 Å². The number of aromatic nitrogens is 3. The molecule has 21 heavy (non-hydrogen) atoms. The predicted molar refractivity (Wildman–Crippen MR) is 64.2 cm³/mol. The van der Waals surface area contributed by atoms with Gasteiger partial charge in [-0.15, -0.1) is 10.2 Å². The first-order valence-corrected chi connectivity index (χ1v) is 5.91. The highest BCUT2D eigenvalue weighted by atomic mass is 19.4. The standard InChI is InChI=1S/C12H11F3N4O2/c1-6-3-4-8(5-16-6)9(20)17-7(2)10-18-19-11(21-10)12(13,14)15/h3-5,7H,1-2H3,(H,17,20)/t7-/m1/s1. The number of halogens is 3. The van der Waals surface area contributed by atoms with Crippen molar-refractivity contribution >= 4 is 5.91 Å². The Morgan fingerprint density at radius 2 is 2.05 bits per heavy atom. The Morgan fingerprint density at radius 3 is 2.57 bits per heavy atom. The van der Waals surface area contributed by atoms with E-state index in [2.05, 4.69) is 24.9 Å². The van der Waals surface area contributed by atoms with Crippen molar-refractivity contribution in [3.8, 4) is 0 Å². The number of carbonyl (C=O) groups is 1. The van der Waals surface area contributed by atoms with Crippen LogP contribution in [0.2, 0.25) is 0 Å². The molecule has 0 bridgehead atoms. The molecule has 0 unspecified atom stereocenters. The maximum Gasteiger partial charge on any atom is 0.470 e. The lowest BCUT2D eigenvalue weighted by Crippen LogP contribution is -2.27. The van der Waals surface area contributed by atoms with Gasteiger partial charge in [0.15, 0.2) is 0 Å². The monoisotopic (exact) mass is 300 g/mol. The molecule has 0 spiro atoms. The number of carbonyl (C=O) groups excluding carboxylic acids is 1. The van der Waals surface area contributed by atoms with Gasteiger partial charge in [0.1, 0.15) is 6.04 Å². The second-order valence-electron chi connectivity index (χ2n) is 4.33. The van der Waals surface area contributed by atoms with Crippen molar-refractivity contribution in [2.24, 2.45) is 0 Å². The fourth-order valence-electron chi connectivity index (χ4n) is 1.47. The van der Waals surface area contributed by atoms with E-state index in [9.17, 15) is 18.0 Å². The minimum Gasteiger partial charge on any atom is -0.415 e. The fraction of sp³-hybridized carbons (Fsp3) is 0.333. The van der Waals surface area contributed by atoms with Gasteiger partial charge in [0.2, 0.25) is 5.89 Å². The van der Waals surface area contributed by atoms with Crippen LogP contribution in [0.3, 0.4) is 0 Å². The third-order valence-corrected chi connectivity index (χ3v) is 2.57. The summed E-state index contributed by atoms with van der Waals surface area (Å²) in [5, 5.41) is 8.63. The zero-order valence-electron chi connectivity index (χ0n) is 11.1. The smallest absolute Gasteiger partial charge is 0.415 e. The van der Waals surface area contributed by atoms with E-state index in [0.717, 1.165) is 5.69 Å². The molecular formula is C12H11F3N4O2. The maximum atomic E-state index is 12.3. The Hall–Kier alpha value is -2.45. The molecule has 0 saturated carbocycles. The number of aryl methyl sites for hydroxylation is 1. The fourth-order valence-corrected chi connectivity index (χ4v) is 1.47. The Labute approximate surface area is 117 Å². The van der Waals surface area contributed by atoms with Gasteiger partial charge >= 0.3 is 12.1 Å². The van der Waals surface area contributed by atoms with Crippen molar-refractivity contribution in [1.82, 2.24) is 20.5 Å². The summed E-state index contributed by atoms with van der Waals surface area (Å²) in [5.41, 5.74) is 1.02. The largest absolute Gasteiger partial charge is 0.470 e. The first kappa shape index (κ1) is 14.9. The highest BCUT2D eigenvalue weighted by Gasteiger charge is 2.38. The molecule has 0 aliphatic rings. The van der Waals surface area contributed by atoms with E-state index in [0.29, 0.717) is 0 Å². The molecule has 2 aromatic rings. The zero-order valence-corrected chi connectivity index (χ0v) is 11.1. The van der Waals surface area contributed by atoms with Crippen LogP contribution in [-0.4, -0.2) is 21.1 Å². The number of pyridine rings is 1. The molecule has 1 atom stereocenters. The van der Waals surface area contributed by atoms with Gasteiger partial charge in [0, 0.05) is 11.9 Å². The molecule has 2 aromatic heterocycles. The summed E-state index contributed by atoms with van der Waals surface area (Å²) < 4.78 is 41.5. The van der Waals surface area contributed by atoms with Crippen LogP contribution >= 0.6 is 0 Å². The van der Waals surface area contributed by atoms with Crippen molar-refractivity contribution in [3.05, 3.63) is 41.4 Å². The molecule has 9 heteroatoms. The number of alkyl halides is 3. The van der Waals surface area contributed by atoms with Crippen LogP contribution in [0.5, 0.6) is 0 Å². The van der Waals surface area contributed by atoms with E-state index < -0.39 is 24.0 Å². The molecule has 0 radical (unpaired) electrons. The minimum absolute atomic E-state index is 0.281. The molecule has 112 valence electrons. The number of rotatable bonds is 3. The molecule has 0 aromatic carbocycles. The van der Waals surface area contributed by atoms with E-state index in [1.165, 1.54) is 13.1 Å². The molecule has 1 N–H and O–H groups in total. The summed E-state index contributed by atoms with van der Waals surface area (Å²) in [6, 6.07) is 2.34. The Balaban J connectivity index is 2.07. The predicted octanol–water partition coefficient (Wildman–Crippen LogP) is 2.28. The molecule has 2 rings (SSSR count). The third-order valence-electron chi connectivity index (χ3n) is 2.57. The summed E-state index contributed by atoms with van der Waals surface area (Å²) in [6.45, 7) is 3.20. The Kier molecular flexibility index (Phi) is 3.92. The van der Waals surface area contributed by atoms with Crippen molar-refractivity contribution in [2.75, 3.05) is 0 Å². The molecular weight excluding hydrogens is 289 g/mol. The summed E-state index contributed by atoms with van der Waals surface area (Å²) in [7, 11) is 0. The highest BCUT2D eigenvalue weighted by molar-refractivity contribution is 5.94. The summed E-state index contributed by atoms with van der Waals surface area (Å²) >= 11 is 0. The van der Waals surface area contributed by atoms with Crippen LogP contribution in [-0.2, 0) is 6.18 Å². The van der Waals surface area contributed by atoms with Gasteiger partial charge in [-0.3, -0.25) is 9.78 Å². The van der Waals surface area contributed by atoms with Crippen LogP contribution in [0.4, 0.5) is 13.2 Å². The number of nitrogens with zero attached hydrogens (tertiary/aromatic N) is 3. The summed E-state index contributed by atoms with van der Waals surface area (Å²) in [6.07, 6.45) is -3.35. The summed E-state index contributed by atoms with van der Waals surface area (Å²) in [5.74, 6) is -2.27. The normalized spacial score (nSPS) is 13.0. The van der Waals surface area contributed by atoms with Gasteiger partial charge < -0.3 is 9.73 Å². The van der Waals surface area contributed by atoms with E-state index in [-0.39, 0.29) is 11.5 Å². The second-order valence-corrected chi connectivity index (χ2v) is 4.33. The van der Waals surface area contributed by atoms with E-state index in [4.69, 9.17) is 0 Å². The van der Waals surface area contributed by atoms with Crippen molar-refractivity contribution in [1.29, 1.82) is 0 Å². The third kappa shape index (κ3) is 3.56. The molecule has 6 nitrogen and oxygen atoms in total. The quantitative estimate of drug-likeness (QED) is 0.940.